The second kappa shape index (κ2) is 8.00. The third-order valence-electron chi connectivity index (χ3n) is 4.86. The Morgan fingerprint density at radius 3 is 1.93 bits per heavy atom. The summed E-state index contributed by atoms with van der Waals surface area (Å²) in [4.78, 5) is 28.7. The Balaban J connectivity index is 2.00. The molecule has 2 fully saturated rings. The molecule has 1 heterocycles. The summed E-state index contributed by atoms with van der Waals surface area (Å²) in [6, 6.07) is 0.182. The number of rotatable bonds is 2. The predicted octanol–water partition coefficient (Wildman–Crippen LogP) is 4.03. The number of amides is 2. The number of nitrogens with zero attached hydrogens (tertiary/aromatic N) is 2. The summed E-state index contributed by atoms with van der Waals surface area (Å²) in [6.07, 6.45) is 8.02. The number of likely N-dealkylation sites (tertiary alicyclic amines) is 1. The molecule has 0 atom stereocenters. The van der Waals surface area contributed by atoms with Crippen LogP contribution in [0.1, 0.15) is 67.2 Å². The lowest BCUT2D eigenvalue weighted by Crippen LogP contribution is -2.57. The monoisotopic (exact) mass is 378 g/mol. The SMILES string of the molecule is C#CC1CC(N(C(=O)OC(C)(C)C)C2CCN(C(=O)OC(C)(C)C)CC2)C1. The van der Waals surface area contributed by atoms with Crippen LogP contribution >= 0.6 is 0 Å². The zero-order valence-corrected chi connectivity index (χ0v) is 17.6. The lowest BCUT2D eigenvalue weighted by molar-refractivity contribution is -0.0239. The second-order valence-electron chi connectivity index (χ2n) is 9.57. The van der Waals surface area contributed by atoms with E-state index in [1.165, 1.54) is 0 Å². The van der Waals surface area contributed by atoms with Gasteiger partial charge in [-0.1, -0.05) is 0 Å². The van der Waals surface area contributed by atoms with Crippen molar-refractivity contribution in [2.75, 3.05) is 13.1 Å². The summed E-state index contributed by atoms with van der Waals surface area (Å²) in [5.41, 5.74) is -1.05. The van der Waals surface area contributed by atoms with Crippen LogP contribution in [0, 0.1) is 18.3 Å². The maximum Gasteiger partial charge on any atom is 0.410 e. The van der Waals surface area contributed by atoms with Gasteiger partial charge < -0.3 is 19.3 Å². The summed E-state index contributed by atoms with van der Waals surface area (Å²) in [5, 5.41) is 0. The first-order chi connectivity index (χ1) is 12.4. The molecule has 0 aromatic rings. The van der Waals surface area contributed by atoms with Gasteiger partial charge in [-0.2, -0.15) is 0 Å². The molecule has 27 heavy (non-hydrogen) atoms. The molecule has 0 radical (unpaired) electrons. The molecule has 0 spiro atoms. The van der Waals surface area contributed by atoms with Crippen molar-refractivity contribution in [2.24, 2.45) is 5.92 Å². The summed E-state index contributed by atoms with van der Waals surface area (Å²) in [7, 11) is 0. The van der Waals surface area contributed by atoms with Crippen LogP contribution in [-0.4, -0.2) is 58.4 Å². The molecule has 2 aliphatic rings. The van der Waals surface area contributed by atoms with Gasteiger partial charge in [0.05, 0.1) is 0 Å². The van der Waals surface area contributed by atoms with Crippen LogP contribution in [-0.2, 0) is 9.47 Å². The fourth-order valence-corrected chi connectivity index (χ4v) is 3.52. The Bertz CT molecular complexity index is 583. The number of carbonyl (C=O) groups excluding carboxylic acids is 2. The van der Waals surface area contributed by atoms with Crippen LogP contribution in [0.3, 0.4) is 0 Å². The summed E-state index contributed by atoms with van der Waals surface area (Å²) < 4.78 is 11.1. The van der Waals surface area contributed by atoms with E-state index in [0.29, 0.717) is 13.1 Å². The Kier molecular flexibility index (Phi) is 6.34. The standard InChI is InChI=1S/C21H34N2O4/c1-8-15-13-17(14-15)23(19(25)27-21(5,6)7)16-9-11-22(12-10-16)18(24)26-20(2,3)4/h1,15-17H,9-14H2,2-7H3. The van der Waals surface area contributed by atoms with Crippen molar-refractivity contribution in [3.05, 3.63) is 0 Å². The van der Waals surface area contributed by atoms with E-state index in [1.807, 2.05) is 46.4 Å². The molecule has 1 aliphatic carbocycles. The maximum atomic E-state index is 12.8. The van der Waals surface area contributed by atoms with Gasteiger partial charge in [-0.15, -0.1) is 12.3 Å². The number of piperidine rings is 1. The van der Waals surface area contributed by atoms with E-state index in [2.05, 4.69) is 5.92 Å². The molecule has 0 aromatic carbocycles. The number of terminal acetylenes is 1. The molecule has 0 aromatic heterocycles. The minimum absolute atomic E-state index is 0.0576. The molecule has 1 saturated heterocycles. The molecule has 0 bridgehead atoms. The van der Waals surface area contributed by atoms with Gasteiger partial charge >= 0.3 is 12.2 Å². The van der Waals surface area contributed by atoms with Crippen LogP contribution in [0.4, 0.5) is 9.59 Å². The van der Waals surface area contributed by atoms with E-state index in [1.54, 1.807) is 4.90 Å². The van der Waals surface area contributed by atoms with Crippen LogP contribution < -0.4 is 0 Å². The zero-order valence-electron chi connectivity index (χ0n) is 17.6. The number of hydrogen-bond donors (Lipinski definition) is 0. The fraction of sp³-hybridized carbons (Fsp3) is 0.810. The van der Waals surface area contributed by atoms with Gasteiger partial charge in [0, 0.05) is 31.1 Å². The molecule has 0 N–H and O–H groups in total. The van der Waals surface area contributed by atoms with Gasteiger partial charge in [-0.25, -0.2) is 9.59 Å². The first-order valence-electron chi connectivity index (χ1n) is 9.85. The van der Waals surface area contributed by atoms with Crippen LogP contribution in [0.25, 0.3) is 0 Å². The zero-order chi connectivity index (χ0) is 20.4. The third kappa shape index (κ3) is 6.05. The van der Waals surface area contributed by atoms with Gasteiger partial charge in [-0.05, 0) is 67.2 Å². The highest BCUT2D eigenvalue weighted by atomic mass is 16.6. The molecule has 152 valence electrons. The van der Waals surface area contributed by atoms with E-state index in [-0.39, 0.29) is 30.2 Å². The number of hydrogen-bond acceptors (Lipinski definition) is 4. The van der Waals surface area contributed by atoms with Crippen molar-refractivity contribution < 1.29 is 19.1 Å². The topological polar surface area (TPSA) is 59.1 Å². The van der Waals surface area contributed by atoms with Gasteiger partial charge in [0.15, 0.2) is 0 Å². The Labute approximate surface area is 163 Å². The highest BCUT2D eigenvalue weighted by Crippen LogP contribution is 2.35. The number of ether oxygens (including phenoxy) is 2. The number of carbonyl (C=O) groups is 2. The summed E-state index contributed by atoms with van der Waals surface area (Å²) >= 11 is 0. The van der Waals surface area contributed by atoms with Gasteiger partial charge in [0.1, 0.15) is 11.2 Å². The quantitative estimate of drug-likeness (QED) is 0.681. The normalized spacial score (nSPS) is 23.8. The average molecular weight is 379 g/mol. The Hall–Kier alpha value is -1.90. The molecular weight excluding hydrogens is 344 g/mol. The largest absolute Gasteiger partial charge is 0.444 e. The van der Waals surface area contributed by atoms with E-state index in [4.69, 9.17) is 15.9 Å². The first-order valence-corrected chi connectivity index (χ1v) is 9.85. The van der Waals surface area contributed by atoms with Crippen LogP contribution in [0.5, 0.6) is 0 Å². The van der Waals surface area contributed by atoms with Crippen LogP contribution in [0.15, 0.2) is 0 Å². The van der Waals surface area contributed by atoms with E-state index >= 15 is 0 Å². The van der Waals surface area contributed by atoms with E-state index in [9.17, 15) is 9.59 Å². The van der Waals surface area contributed by atoms with Crippen molar-refractivity contribution in [2.45, 2.75) is 90.5 Å². The average Bonchev–Trinajstić information content (AvgIpc) is 2.47. The highest BCUT2D eigenvalue weighted by molar-refractivity contribution is 5.70. The Morgan fingerprint density at radius 1 is 0.963 bits per heavy atom. The predicted molar refractivity (Wildman–Crippen MR) is 104 cm³/mol. The van der Waals surface area contributed by atoms with Gasteiger partial charge in [-0.3, -0.25) is 0 Å². The molecule has 2 amide bonds. The third-order valence-corrected chi connectivity index (χ3v) is 4.86. The summed E-state index contributed by atoms with van der Waals surface area (Å²) in [6.45, 7) is 12.4. The second-order valence-corrected chi connectivity index (χ2v) is 9.57. The molecule has 1 aliphatic heterocycles. The molecule has 6 nitrogen and oxygen atoms in total. The molecule has 0 unspecified atom stereocenters. The van der Waals surface area contributed by atoms with Crippen molar-refractivity contribution in [1.29, 1.82) is 0 Å². The van der Waals surface area contributed by atoms with E-state index in [0.717, 1.165) is 25.7 Å². The fourth-order valence-electron chi connectivity index (χ4n) is 3.52. The lowest BCUT2D eigenvalue weighted by atomic mass is 9.79. The van der Waals surface area contributed by atoms with Crippen molar-refractivity contribution in [3.8, 4) is 12.3 Å². The summed E-state index contributed by atoms with van der Waals surface area (Å²) in [5.74, 6) is 3.01. The van der Waals surface area contributed by atoms with Gasteiger partial charge in [0.2, 0.25) is 0 Å². The Morgan fingerprint density at radius 2 is 1.48 bits per heavy atom. The minimum atomic E-state index is -0.540. The molecule has 1 saturated carbocycles. The van der Waals surface area contributed by atoms with E-state index < -0.39 is 11.2 Å². The molecular formula is C21H34N2O4. The van der Waals surface area contributed by atoms with Crippen LogP contribution in [0.2, 0.25) is 0 Å². The van der Waals surface area contributed by atoms with Crippen molar-refractivity contribution in [1.82, 2.24) is 9.80 Å². The first kappa shape index (κ1) is 21.4. The van der Waals surface area contributed by atoms with Crippen molar-refractivity contribution in [3.63, 3.8) is 0 Å². The minimum Gasteiger partial charge on any atom is -0.444 e. The molecule has 6 heteroatoms. The van der Waals surface area contributed by atoms with Gasteiger partial charge in [0.25, 0.3) is 0 Å². The molecule has 2 rings (SSSR count). The maximum absolute atomic E-state index is 12.8. The smallest absolute Gasteiger partial charge is 0.410 e. The lowest BCUT2D eigenvalue weighted by Gasteiger charge is -2.47. The van der Waals surface area contributed by atoms with Crippen molar-refractivity contribution >= 4 is 12.2 Å². The highest BCUT2D eigenvalue weighted by Gasteiger charge is 2.42.